The average Bonchev–Trinajstić information content (AvgIpc) is 3.58. The van der Waals surface area contributed by atoms with E-state index in [1.54, 1.807) is 24.3 Å². The van der Waals surface area contributed by atoms with Crippen molar-refractivity contribution in [3.8, 4) is 17.3 Å². The number of likely N-dealkylation sites (tertiary alicyclic amines) is 1. The van der Waals surface area contributed by atoms with Crippen LogP contribution in [-0.4, -0.2) is 55.4 Å². The quantitative estimate of drug-likeness (QED) is 0.231. The highest BCUT2D eigenvalue weighted by Gasteiger charge is 2.27. The Morgan fingerprint density at radius 2 is 1.89 bits per heavy atom. The molecule has 2 aromatic carbocycles. The minimum atomic E-state index is -0.708. The molecule has 5 aromatic rings. The van der Waals surface area contributed by atoms with Gasteiger partial charge in [-0.05, 0) is 62.7 Å². The molecule has 0 radical (unpaired) electrons. The maximum atomic E-state index is 15.5. The second-order valence-corrected chi connectivity index (χ2v) is 11.6. The zero-order valence-corrected chi connectivity index (χ0v) is 24.4. The second-order valence-electron chi connectivity index (χ2n) is 11.2. The Morgan fingerprint density at radius 3 is 2.61 bits per heavy atom. The highest BCUT2D eigenvalue weighted by Crippen LogP contribution is 2.31. The Labute approximate surface area is 255 Å². The molecule has 0 unspecified atom stereocenters. The topological polar surface area (TPSA) is 111 Å². The molecule has 10 nitrogen and oxygen atoms in total. The van der Waals surface area contributed by atoms with E-state index in [-0.39, 0.29) is 24.5 Å². The van der Waals surface area contributed by atoms with Crippen molar-refractivity contribution >= 4 is 22.6 Å². The minimum absolute atomic E-state index is 0.0135. The number of imidazole rings is 1. The molecule has 0 aliphatic carbocycles. The summed E-state index contributed by atoms with van der Waals surface area (Å²) < 4.78 is 47.7. The van der Waals surface area contributed by atoms with E-state index in [9.17, 15) is 9.18 Å². The lowest BCUT2D eigenvalue weighted by Crippen LogP contribution is -2.35. The van der Waals surface area contributed by atoms with Gasteiger partial charge in [-0.2, -0.15) is 0 Å². The zero-order valence-electron chi connectivity index (χ0n) is 23.6. The van der Waals surface area contributed by atoms with Gasteiger partial charge in [0.05, 0.1) is 24.7 Å². The number of H-pyrrole nitrogens is 1. The van der Waals surface area contributed by atoms with Crippen LogP contribution in [0.2, 0.25) is 5.02 Å². The third kappa shape index (κ3) is 5.97. The number of benzene rings is 2. The normalized spacial score (nSPS) is 17.7. The number of piperidine rings is 1. The van der Waals surface area contributed by atoms with E-state index in [0.29, 0.717) is 52.8 Å². The summed E-state index contributed by atoms with van der Waals surface area (Å²) in [6.45, 7) is 3.44. The van der Waals surface area contributed by atoms with Gasteiger partial charge in [-0.3, -0.25) is 14.4 Å². The van der Waals surface area contributed by atoms with Gasteiger partial charge in [-0.1, -0.05) is 28.9 Å². The number of pyridine rings is 1. The van der Waals surface area contributed by atoms with Crippen molar-refractivity contribution in [3.63, 3.8) is 0 Å². The maximum absolute atomic E-state index is 15.5. The standard InChI is InChI=1S/C31H29ClF2N6O4/c32-21-5-4-19(23(33)14-21)17-43-28-3-1-2-25(36-28)18-6-9-39(10-7-18)16-27-35-26-13-20(30-37-31(41)44-38-30)12-24(34)29(26)40(27)15-22-8-11-42-22/h1-5,12-14,18,22H,6-11,15-17H2,(H,37,38,41)/t22-/m0/s1. The predicted octanol–water partition coefficient (Wildman–Crippen LogP) is 5.45. The van der Waals surface area contributed by atoms with E-state index in [4.69, 9.17) is 31.0 Å². The van der Waals surface area contributed by atoms with Crippen LogP contribution in [0.4, 0.5) is 8.78 Å². The van der Waals surface area contributed by atoms with Crippen LogP contribution in [0.5, 0.6) is 5.88 Å². The van der Waals surface area contributed by atoms with Gasteiger partial charge < -0.3 is 14.0 Å². The Bertz CT molecular complexity index is 1860. The first-order chi connectivity index (χ1) is 21.4. The van der Waals surface area contributed by atoms with E-state index in [2.05, 4.69) is 19.6 Å². The van der Waals surface area contributed by atoms with Crippen molar-refractivity contribution in [3.05, 3.63) is 92.8 Å². The Hall–Kier alpha value is -4.13. The third-order valence-electron chi connectivity index (χ3n) is 8.27. The molecule has 13 heteroatoms. The van der Waals surface area contributed by atoms with Crippen LogP contribution in [0.15, 0.2) is 57.8 Å². The molecule has 1 N–H and O–H groups in total. The molecule has 228 valence electrons. The summed E-state index contributed by atoms with van der Waals surface area (Å²) in [5, 5.41) is 4.03. The summed E-state index contributed by atoms with van der Waals surface area (Å²) >= 11 is 5.85. The number of hydrogen-bond donors (Lipinski definition) is 1. The molecule has 0 amide bonds. The lowest BCUT2D eigenvalue weighted by Gasteiger charge is -2.32. The van der Waals surface area contributed by atoms with Crippen LogP contribution < -0.4 is 10.5 Å². The highest BCUT2D eigenvalue weighted by atomic mass is 35.5. The van der Waals surface area contributed by atoms with Crippen molar-refractivity contribution in [2.24, 2.45) is 0 Å². The molecular formula is C31H29ClF2N6O4. The lowest BCUT2D eigenvalue weighted by molar-refractivity contribution is -0.0592. The molecule has 0 spiro atoms. The van der Waals surface area contributed by atoms with Gasteiger partial charge in [0.2, 0.25) is 5.88 Å². The summed E-state index contributed by atoms with van der Waals surface area (Å²) in [4.78, 5) is 25.8. The summed E-state index contributed by atoms with van der Waals surface area (Å²) in [5.74, 6) is 0.0173. The molecule has 1 atom stereocenters. The van der Waals surface area contributed by atoms with Gasteiger partial charge in [-0.15, -0.1) is 0 Å². The van der Waals surface area contributed by atoms with Crippen LogP contribution in [0.25, 0.3) is 22.4 Å². The first-order valence-corrected chi connectivity index (χ1v) is 14.9. The number of rotatable bonds is 9. The SMILES string of the molecule is O=c1[nH]c(-c2cc(F)c3c(c2)nc(CN2CCC(c4cccc(OCc5ccc(Cl)cc5F)n4)CC2)n3C[C@@H]2CCO2)no1. The Morgan fingerprint density at radius 1 is 1.05 bits per heavy atom. The Balaban J connectivity index is 1.05. The number of nitrogens with zero attached hydrogens (tertiary/aromatic N) is 5. The van der Waals surface area contributed by atoms with Crippen molar-refractivity contribution in [1.29, 1.82) is 0 Å². The first-order valence-electron chi connectivity index (χ1n) is 14.5. The van der Waals surface area contributed by atoms with Crippen molar-refractivity contribution < 1.29 is 22.8 Å². The molecule has 2 fully saturated rings. The van der Waals surface area contributed by atoms with Crippen molar-refractivity contribution in [2.75, 3.05) is 19.7 Å². The monoisotopic (exact) mass is 622 g/mol. The number of aromatic nitrogens is 5. The number of fused-ring (bicyclic) bond motifs is 1. The van der Waals surface area contributed by atoms with Gasteiger partial charge in [0.15, 0.2) is 5.82 Å². The van der Waals surface area contributed by atoms with Crippen LogP contribution in [0.3, 0.4) is 0 Å². The summed E-state index contributed by atoms with van der Waals surface area (Å²) in [7, 11) is 0. The highest BCUT2D eigenvalue weighted by molar-refractivity contribution is 6.30. The van der Waals surface area contributed by atoms with Gasteiger partial charge in [0.25, 0.3) is 0 Å². The molecule has 2 aliphatic rings. The molecule has 3 aromatic heterocycles. The van der Waals surface area contributed by atoms with E-state index in [1.165, 1.54) is 12.1 Å². The van der Waals surface area contributed by atoms with Gasteiger partial charge >= 0.3 is 5.76 Å². The lowest BCUT2D eigenvalue weighted by atomic mass is 9.93. The molecular weight excluding hydrogens is 594 g/mol. The van der Waals surface area contributed by atoms with Crippen LogP contribution in [-0.2, 0) is 24.4 Å². The van der Waals surface area contributed by atoms with E-state index in [0.717, 1.165) is 43.9 Å². The molecule has 5 heterocycles. The molecule has 0 saturated carbocycles. The number of nitrogens with one attached hydrogen (secondary N) is 1. The van der Waals surface area contributed by atoms with Crippen molar-refractivity contribution in [2.45, 2.75) is 51.0 Å². The first kappa shape index (κ1) is 28.6. The summed E-state index contributed by atoms with van der Waals surface area (Å²) in [6.07, 6.45) is 2.69. The van der Waals surface area contributed by atoms with Gasteiger partial charge in [-0.25, -0.2) is 23.5 Å². The van der Waals surface area contributed by atoms with Crippen LogP contribution in [0.1, 0.15) is 42.3 Å². The fourth-order valence-electron chi connectivity index (χ4n) is 5.82. The van der Waals surface area contributed by atoms with E-state index >= 15 is 4.39 Å². The Kier molecular flexibility index (Phi) is 7.87. The number of ether oxygens (including phenoxy) is 2. The maximum Gasteiger partial charge on any atom is 0.439 e. The average molecular weight is 623 g/mol. The molecule has 0 bridgehead atoms. The van der Waals surface area contributed by atoms with Crippen LogP contribution >= 0.6 is 11.6 Å². The van der Waals surface area contributed by atoms with Gasteiger partial charge in [0, 0.05) is 40.4 Å². The summed E-state index contributed by atoms with van der Waals surface area (Å²) in [6, 6.07) is 13.2. The molecule has 2 saturated heterocycles. The van der Waals surface area contributed by atoms with Crippen molar-refractivity contribution in [1.82, 2.24) is 29.6 Å². The predicted molar refractivity (Wildman–Crippen MR) is 157 cm³/mol. The van der Waals surface area contributed by atoms with Gasteiger partial charge in [0.1, 0.15) is 29.6 Å². The third-order valence-corrected chi connectivity index (χ3v) is 8.51. The molecule has 44 heavy (non-hydrogen) atoms. The fraction of sp³-hybridized carbons (Fsp3) is 0.355. The largest absolute Gasteiger partial charge is 0.473 e. The van der Waals surface area contributed by atoms with E-state index < -0.39 is 17.4 Å². The second kappa shape index (κ2) is 12.1. The molecule has 2 aliphatic heterocycles. The number of aromatic amines is 1. The fourth-order valence-corrected chi connectivity index (χ4v) is 5.98. The molecule has 7 rings (SSSR count). The smallest absolute Gasteiger partial charge is 0.439 e. The minimum Gasteiger partial charge on any atom is -0.473 e. The summed E-state index contributed by atoms with van der Waals surface area (Å²) in [5.41, 5.74) is 2.62. The zero-order chi connectivity index (χ0) is 30.2. The number of hydrogen-bond acceptors (Lipinski definition) is 8. The van der Waals surface area contributed by atoms with Crippen LogP contribution in [0, 0.1) is 11.6 Å². The number of halogens is 3. The van der Waals surface area contributed by atoms with E-state index in [1.807, 2.05) is 16.7 Å².